The number of benzene rings is 2. The number of sulfonamides is 1. The second kappa shape index (κ2) is 12.7. The molecule has 0 radical (unpaired) electrons. The van der Waals surface area contributed by atoms with Gasteiger partial charge in [-0.3, -0.25) is 9.59 Å². The lowest BCUT2D eigenvalue weighted by Crippen LogP contribution is -2.51. The summed E-state index contributed by atoms with van der Waals surface area (Å²) in [5, 5.41) is 8.90. The van der Waals surface area contributed by atoms with Crippen LogP contribution in [-0.4, -0.2) is 69.3 Å². The number of rotatable bonds is 9. The minimum Gasteiger partial charge on any atom is -0.467 e. The van der Waals surface area contributed by atoms with Crippen molar-refractivity contribution in [3.05, 3.63) is 59.7 Å². The van der Waals surface area contributed by atoms with Crippen molar-refractivity contribution in [1.82, 2.24) is 14.9 Å². The monoisotopic (exact) mass is 556 g/mol. The van der Waals surface area contributed by atoms with Gasteiger partial charge < -0.3 is 20.7 Å². The number of ether oxygens (including phenoxy) is 1. The molecule has 0 spiro atoms. The first-order valence-corrected chi connectivity index (χ1v) is 14.7. The SMILES string of the molecule is COC(=O)[C@H](Cc1ccc(NC(=O)C2CCNCC2)cc1)NC(=O)[C@@H]1CCCN1S(=O)(=O)c1ccc(C)cc1. The molecule has 4 rings (SSSR count). The van der Waals surface area contributed by atoms with Gasteiger partial charge >= 0.3 is 5.97 Å². The molecule has 10 nitrogen and oxygen atoms in total. The van der Waals surface area contributed by atoms with E-state index in [-0.39, 0.29) is 29.7 Å². The largest absolute Gasteiger partial charge is 0.467 e. The molecule has 2 fully saturated rings. The van der Waals surface area contributed by atoms with Gasteiger partial charge in [-0.2, -0.15) is 4.31 Å². The maximum absolute atomic E-state index is 13.3. The molecular formula is C28H36N4O6S. The summed E-state index contributed by atoms with van der Waals surface area (Å²) in [6.45, 7) is 3.75. The van der Waals surface area contributed by atoms with E-state index < -0.39 is 34.0 Å². The second-order valence-corrected chi connectivity index (χ2v) is 12.0. The van der Waals surface area contributed by atoms with Gasteiger partial charge in [0.1, 0.15) is 12.1 Å². The summed E-state index contributed by atoms with van der Waals surface area (Å²) in [4.78, 5) is 38.5. The van der Waals surface area contributed by atoms with Gasteiger partial charge in [0.2, 0.25) is 21.8 Å². The van der Waals surface area contributed by atoms with Crippen molar-refractivity contribution in [3.63, 3.8) is 0 Å². The molecule has 2 heterocycles. The second-order valence-electron chi connectivity index (χ2n) is 10.1. The highest BCUT2D eigenvalue weighted by molar-refractivity contribution is 7.89. The Balaban J connectivity index is 1.41. The standard InChI is InChI=1S/C28H36N4O6S/c1-19-5-11-23(12-6-19)39(36,37)32-17-3-4-25(32)27(34)31-24(28(35)38-2)18-20-7-9-22(10-8-20)30-26(33)21-13-15-29-16-14-21/h5-12,21,24-25,29H,3-4,13-18H2,1-2H3,(H,30,33)(H,31,34)/t24-,25-/m0/s1. The third-order valence-electron chi connectivity index (χ3n) is 7.31. The molecule has 0 unspecified atom stereocenters. The maximum Gasteiger partial charge on any atom is 0.328 e. The Morgan fingerprint density at radius 1 is 1.00 bits per heavy atom. The highest BCUT2D eigenvalue weighted by Gasteiger charge is 2.40. The van der Waals surface area contributed by atoms with Crippen LogP contribution in [0.5, 0.6) is 0 Å². The Morgan fingerprint density at radius 3 is 2.31 bits per heavy atom. The summed E-state index contributed by atoms with van der Waals surface area (Å²) in [6, 6.07) is 11.7. The Hall–Kier alpha value is -3.28. The predicted octanol–water partition coefficient (Wildman–Crippen LogP) is 1.99. The van der Waals surface area contributed by atoms with Crippen LogP contribution in [0.1, 0.15) is 36.8 Å². The minimum absolute atomic E-state index is 0.00865. The molecule has 2 aliphatic rings. The number of nitrogens with one attached hydrogen (secondary N) is 3. The van der Waals surface area contributed by atoms with E-state index in [9.17, 15) is 22.8 Å². The van der Waals surface area contributed by atoms with Crippen LogP contribution in [-0.2, 0) is 35.6 Å². The number of anilines is 1. The molecule has 0 aliphatic carbocycles. The first-order valence-electron chi connectivity index (χ1n) is 13.3. The first kappa shape index (κ1) is 28.7. The molecular weight excluding hydrogens is 520 g/mol. The first-order chi connectivity index (χ1) is 18.7. The lowest BCUT2D eigenvalue weighted by molar-refractivity contribution is -0.145. The average molecular weight is 557 g/mol. The number of nitrogens with zero attached hydrogens (tertiary/aromatic N) is 1. The van der Waals surface area contributed by atoms with Crippen molar-refractivity contribution in [2.24, 2.45) is 5.92 Å². The fourth-order valence-electron chi connectivity index (χ4n) is 5.03. The van der Waals surface area contributed by atoms with E-state index in [0.29, 0.717) is 18.5 Å². The topological polar surface area (TPSA) is 134 Å². The summed E-state index contributed by atoms with van der Waals surface area (Å²) in [6.07, 6.45) is 2.65. The number of esters is 1. The Labute approximate surface area is 229 Å². The highest BCUT2D eigenvalue weighted by Crippen LogP contribution is 2.27. The summed E-state index contributed by atoms with van der Waals surface area (Å²) in [5.41, 5.74) is 2.34. The van der Waals surface area contributed by atoms with Crippen LogP contribution in [0.2, 0.25) is 0 Å². The van der Waals surface area contributed by atoms with Gasteiger partial charge in [0.25, 0.3) is 0 Å². The van der Waals surface area contributed by atoms with Crippen molar-refractivity contribution >= 4 is 33.5 Å². The molecule has 2 atom stereocenters. The van der Waals surface area contributed by atoms with E-state index in [1.54, 1.807) is 36.4 Å². The fraction of sp³-hybridized carbons (Fsp3) is 0.464. The van der Waals surface area contributed by atoms with Crippen molar-refractivity contribution in [2.45, 2.75) is 56.0 Å². The number of carbonyl (C=O) groups is 3. The van der Waals surface area contributed by atoms with Crippen LogP contribution in [0.15, 0.2) is 53.4 Å². The van der Waals surface area contributed by atoms with Crippen molar-refractivity contribution in [3.8, 4) is 0 Å². The fourth-order valence-corrected chi connectivity index (χ4v) is 6.68. The number of hydrogen-bond donors (Lipinski definition) is 3. The molecule has 2 amide bonds. The van der Waals surface area contributed by atoms with Gasteiger partial charge in [0.15, 0.2) is 0 Å². The normalized spacial score (nSPS) is 19.3. The lowest BCUT2D eigenvalue weighted by atomic mass is 9.97. The summed E-state index contributed by atoms with van der Waals surface area (Å²) >= 11 is 0. The van der Waals surface area contributed by atoms with Crippen LogP contribution >= 0.6 is 0 Å². The molecule has 2 aliphatic heterocycles. The van der Waals surface area contributed by atoms with Crippen LogP contribution in [0.4, 0.5) is 5.69 Å². The van der Waals surface area contributed by atoms with Crippen LogP contribution in [0.25, 0.3) is 0 Å². The quantitative estimate of drug-likeness (QED) is 0.402. The zero-order chi connectivity index (χ0) is 28.0. The minimum atomic E-state index is -3.87. The summed E-state index contributed by atoms with van der Waals surface area (Å²) in [5.74, 6) is -1.19. The van der Waals surface area contributed by atoms with E-state index in [1.807, 2.05) is 6.92 Å². The zero-order valence-electron chi connectivity index (χ0n) is 22.3. The predicted molar refractivity (Wildman–Crippen MR) is 146 cm³/mol. The van der Waals surface area contributed by atoms with E-state index in [4.69, 9.17) is 4.74 Å². The van der Waals surface area contributed by atoms with Gasteiger partial charge in [-0.15, -0.1) is 0 Å². The van der Waals surface area contributed by atoms with Crippen molar-refractivity contribution < 1.29 is 27.5 Å². The summed E-state index contributed by atoms with van der Waals surface area (Å²) < 4.78 is 32.6. The Kier molecular flexibility index (Phi) is 9.36. The Morgan fingerprint density at radius 2 is 1.67 bits per heavy atom. The maximum atomic E-state index is 13.3. The molecule has 2 saturated heterocycles. The molecule has 210 valence electrons. The van der Waals surface area contributed by atoms with Crippen LogP contribution in [0, 0.1) is 12.8 Å². The van der Waals surface area contributed by atoms with Gasteiger partial charge in [-0.05, 0) is 75.5 Å². The van der Waals surface area contributed by atoms with Gasteiger partial charge in [0, 0.05) is 24.6 Å². The van der Waals surface area contributed by atoms with E-state index in [2.05, 4.69) is 16.0 Å². The Bertz CT molecular complexity index is 1270. The summed E-state index contributed by atoms with van der Waals surface area (Å²) in [7, 11) is -2.63. The van der Waals surface area contributed by atoms with Crippen molar-refractivity contribution in [1.29, 1.82) is 0 Å². The lowest BCUT2D eigenvalue weighted by Gasteiger charge is -2.25. The third kappa shape index (κ3) is 7.03. The van der Waals surface area contributed by atoms with Crippen LogP contribution in [0.3, 0.4) is 0 Å². The molecule has 39 heavy (non-hydrogen) atoms. The van der Waals surface area contributed by atoms with Gasteiger partial charge in [-0.1, -0.05) is 29.8 Å². The number of hydrogen-bond acceptors (Lipinski definition) is 7. The molecule has 0 aromatic heterocycles. The van der Waals surface area contributed by atoms with E-state index in [1.165, 1.54) is 23.5 Å². The number of piperidine rings is 1. The molecule has 3 N–H and O–H groups in total. The average Bonchev–Trinajstić information content (AvgIpc) is 3.45. The molecule has 0 saturated carbocycles. The number of methoxy groups -OCH3 is 1. The zero-order valence-corrected chi connectivity index (χ0v) is 23.1. The number of carbonyl (C=O) groups excluding carboxylic acids is 3. The van der Waals surface area contributed by atoms with Gasteiger partial charge in [0.05, 0.1) is 12.0 Å². The smallest absolute Gasteiger partial charge is 0.328 e. The third-order valence-corrected chi connectivity index (χ3v) is 9.23. The molecule has 11 heteroatoms. The van der Waals surface area contributed by atoms with Crippen molar-refractivity contribution in [2.75, 3.05) is 32.1 Å². The van der Waals surface area contributed by atoms with Gasteiger partial charge in [-0.25, -0.2) is 13.2 Å². The van der Waals surface area contributed by atoms with Crippen LogP contribution < -0.4 is 16.0 Å². The molecule has 2 aromatic carbocycles. The highest BCUT2D eigenvalue weighted by atomic mass is 32.2. The van der Waals surface area contributed by atoms with E-state index in [0.717, 1.165) is 37.1 Å². The number of aryl methyl sites for hydroxylation is 1. The molecule has 0 bridgehead atoms. The number of amides is 2. The van der Waals surface area contributed by atoms with E-state index >= 15 is 0 Å². The molecule has 2 aromatic rings.